The van der Waals surface area contributed by atoms with Gasteiger partial charge in [0.15, 0.2) is 11.7 Å². The fraction of sp³-hybridized carbons (Fsp3) is 0.312. The minimum atomic E-state index is 0. The van der Waals surface area contributed by atoms with Crippen LogP contribution in [0.1, 0.15) is 11.5 Å². The van der Waals surface area contributed by atoms with Gasteiger partial charge in [-0.25, -0.2) is 4.98 Å². The molecule has 0 saturated carbocycles. The highest BCUT2D eigenvalue weighted by Crippen LogP contribution is 2.24. The molecular weight excluding hydrogens is 504 g/mol. The zero-order valence-corrected chi connectivity index (χ0v) is 18.6. The van der Waals surface area contributed by atoms with E-state index < -0.39 is 0 Å². The Morgan fingerprint density at radius 2 is 2.19 bits per heavy atom. The Labute approximate surface area is 183 Å². The molecule has 27 heavy (non-hydrogen) atoms. The third-order valence-electron chi connectivity index (χ3n) is 3.80. The van der Waals surface area contributed by atoms with Crippen molar-refractivity contribution in [1.29, 1.82) is 0 Å². The lowest BCUT2D eigenvalue weighted by Gasteiger charge is -2.12. The number of aromatic nitrogens is 4. The van der Waals surface area contributed by atoms with Gasteiger partial charge in [0.1, 0.15) is 11.0 Å². The summed E-state index contributed by atoms with van der Waals surface area (Å²) in [6.45, 7) is 1.19. The van der Waals surface area contributed by atoms with E-state index >= 15 is 0 Å². The fourth-order valence-electron chi connectivity index (χ4n) is 2.38. The molecule has 3 rings (SSSR count). The van der Waals surface area contributed by atoms with Gasteiger partial charge in [-0.2, -0.15) is 5.10 Å². The third kappa shape index (κ3) is 5.39. The Bertz CT molecular complexity index is 889. The number of aliphatic imine (C=N–C) groups is 1. The lowest BCUT2D eigenvalue weighted by atomic mass is 10.4. The highest BCUT2D eigenvalue weighted by atomic mass is 127. The van der Waals surface area contributed by atoms with Crippen LogP contribution in [-0.2, 0) is 20.0 Å². The van der Waals surface area contributed by atoms with E-state index in [0.717, 1.165) is 11.5 Å². The van der Waals surface area contributed by atoms with Gasteiger partial charge in [0.25, 0.3) is 0 Å². The third-order valence-corrected chi connectivity index (χ3v) is 4.65. The maximum atomic E-state index is 6.07. The number of aromatic amines is 1. The van der Waals surface area contributed by atoms with Crippen LogP contribution in [0.25, 0.3) is 11.6 Å². The van der Waals surface area contributed by atoms with Crippen LogP contribution in [0.5, 0.6) is 0 Å². The first-order chi connectivity index (χ1) is 12.6. The molecule has 3 aromatic heterocycles. The van der Waals surface area contributed by atoms with Gasteiger partial charge in [-0.1, -0.05) is 23.2 Å². The number of H-pyrrole nitrogens is 1. The lowest BCUT2D eigenvalue weighted by Crippen LogP contribution is -2.38. The molecule has 0 saturated heterocycles. The molecular formula is C16H20Cl2IN7O. The second-order valence-corrected chi connectivity index (χ2v) is 6.28. The van der Waals surface area contributed by atoms with Gasteiger partial charge in [-0.15, -0.1) is 24.0 Å². The molecule has 0 atom stereocenters. The molecule has 3 heterocycles. The zero-order valence-electron chi connectivity index (χ0n) is 14.8. The Hall–Kier alpha value is -1.72. The minimum absolute atomic E-state index is 0. The van der Waals surface area contributed by atoms with Gasteiger partial charge in [0.05, 0.1) is 17.8 Å². The largest absolute Gasteiger partial charge is 0.461 e. The normalized spacial score (nSPS) is 11.3. The highest BCUT2D eigenvalue weighted by molar-refractivity contribution is 14.0. The number of hydrogen-bond acceptors (Lipinski definition) is 4. The van der Waals surface area contributed by atoms with Gasteiger partial charge in [-0.3, -0.25) is 10.1 Å². The van der Waals surface area contributed by atoms with E-state index in [2.05, 4.69) is 30.8 Å². The van der Waals surface area contributed by atoms with E-state index in [1.807, 2.05) is 23.7 Å². The first-order valence-corrected chi connectivity index (χ1v) is 8.73. The van der Waals surface area contributed by atoms with Crippen molar-refractivity contribution in [2.24, 2.45) is 12.0 Å². The lowest BCUT2D eigenvalue weighted by molar-refractivity contribution is 0.577. The molecule has 0 unspecified atom stereocenters. The number of nitrogens with zero attached hydrogens (tertiary/aromatic N) is 4. The number of nitrogens with one attached hydrogen (secondary N) is 3. The average molecular weight is 524 g/mol. The predicted octanol–water partition coefficient (Wildman–Crippen LogP) is 3.24. The first-order valence-electron chi connectivity index (χ1n) is 7.97. The van der Waals surface area contributed by atoms with Crippen molar-refractivity contribution in [2.75, 3.05) is 13.6 Å². The monoisotopic (exact) mass is 523 g/mol. The molecule has 0 bridgehead atoms. The predicted molar refractivity (Wildman–Crippen MR) is 117 cm³/mol. The van der Waals surface area contributed by atoms with Crippen LogP contribution in [0.4, 0.5) is 0 Å². The molecule has 0 aliphatic carbocycles. The summed E-state index contributed by atoms with van der Waals surface area (Å²) in [6, 6.07) is 5.45. The Morgan fingerprint density at radius 1 is 1.37 bits per heavy atom. The number of rotatable bonds is 6. The summed E-state index contributed by atoms with van der Waals surface area (Å²) in [4.78, 5) is 8.60. The molecule has 3 N–H and O–H groups in total. The molecule has 146 valence electrons. The molecule has 0 aromatic carbocycles. The van der Waals surface area contributed by atoms with Crippen molar-refractivity contribution in [2.45, 2.75) is 13.0 Å². The summed E-state index contributed by atoms with van der Waals surface area (Å²) in [5.41, 5.74) is 0.960. The fourth-order valence-corrected chi connectivity index (χ4v) is 2.79. The molecule has 0 aliphatic heterocycles. The maximum Gasteiger partial charge on any atom is 0.216 e. The van der Waals surface area contributed by atoms with Gasteiger partial charge in [0.2, 0.25) is 5.82 Å². The number of hydrogen-bond donors (Lipinski definition) is 3. The van der Waals surface area contributed by atoms with E-state index in [1.165, 1.54) is 0 Å². The van der Waals surface area contributed by atoms with Crippen molar-refractivity contribution < 1.29 is 4.42 Å². The molecule has 11 heteroatoms. The van der Waals surface area contributed by atoms with Gasteiger partial charge in [0, 0.05) is 32.8 Å². The Morgan fingerprint density at radius 3 is 2.81 bits per heavy atom. The number of guanidine groups is 1. The van der Waals surface area contributed by atoms with Gasteiger partial charge >= 0.3 is 0 Å². The molecule has 3 aromatic rings. The zero-order chi connectivity index (χ0) is 18.5. The smallest absolute Gasteiger partial charge is 0.216 e. The summed E-state index contributed by atoms with van der Waals surface area (Å²) in [5, 5.41) is 14.5. The van der Waals surface area contributed by atoms with Crippen molar-refractivity contribution in [1.82, 2.24) is 30.4 Å². The van der Waals surface area contributed by atoms with Gasteiger partial charge < -0.3 is 19.6 Å². The van der Waals surface area contributed by atoms with E-state index in [9.17, 15) is 0 Å². The van der Waals surface area contributed by atoms with Crippen LogP contribution in [-0.4, -0.2) is 39.3 Å². The summed E-state index contributed by atoms with van der Waals surface area (Å²) < 4.78 is 7.10. The molecule has 0 radical (unpaired) electrons. The minimum Gasteiger partial charge on any atom is -0.461 e. The second kappa shape index (κ2) is 10.00. The van der Waals surface area contributed by atoms with Gasteiger partial charge in [-0.05, 0) is 18.2 Å². The second-order valence-electron chi connectivity index (χ2n) is 5.52. The SMILES string of the molecule is CN=C(NCCc1nc(-c2ccco2)n[nH]1)NCc1cc(Cl)c(Cl)n1C.I. The average Bonchev–Trinajstić information content (AvgIpc) is 3.36. The first kappa shape index (κ1) is 21.6. The van der Waals surface area contributed by atoms with Crippen LogP contribution in [0.15, 0.2) is 33.9 Å². The molecule has 0 fully saturated rings. The van der Waals surface area contributed by atoms with Crippen molar-refractivity contribution >= 4 is 53.1 Å². The quantitative estimate of drug-likeness (QED) is 0.262. The van der Waals surface area contributed by atoms with Crippen molar-refractivity contribution in [3.8, 4) is 11.6 Å². The standard InChI is InChI=1S/C16H19Cl2N7O.HI/c1-19-16(21-9-10-8-11(17)14(18)25(10)2)20-6-5-13-22-15(24-23-13)12-4-3-7-26-12;/h3-4,7-8H,5-6,9H2,1-2H3,(H2,19,20,21)(H,22,23,24);1H. The maximum absolute atomic E-state index is 6.07. The summed E-state index contributed by atoms with van der Waals surface area (Å²) >= 11 is 12.1. The molecule has 0 aliphatic rings. The summed E-state index contributed by atoms with van der Waals surface area (Å²) in [6.07, 6.45) is 2.26. The van der Waals surface area contributed by atoms with Crippen LogP contribution in [0, 0.1) is 0 Å². The van der Waals surface area contributed by atoms with Crippen molar-refractivity contribution in [3.63, 3.8) is 0 Å². The van der Waals surface area contributed by atoms with Crippen LogP contribution in [0.2, 0.25) is 10.2 Å². The number of halogens is 3. The van der Waals surface area contributed by atoms with Crippen molar-refractivity contribution in [3.05, 3.63) is 46.2 Å². The number of furan rings is 1. The molecule has 8 nitrogen and oxygen atoms in total. The highest BCUT2D eigenvalue weighted by Gasteiger charge is 2.10. The Kier molecular flexibility index (Phi) is 7.99. The topological polar surface area (TPSA) is 96.1 Å². The van der Waals surface area contributed by atoms with Crippen LogP contribution in [0.3, 0.4) is 0 Å². The van der Waals surface area contributed by atoms with Crippen LogP contribution >= 0.6 is 47.2 Å². The van der Waals surface area contributed by atoms with E-state index in [4.69, 9.17) is 27.6 Å². The molecule has 0 amide bonds. The van der Waals surface area contributed by atoms with Crippen LogP contribution < -0.4 is 10.6 Å². The van der Waals surface area contributed by atoms with E-state index in [-0.39, 0.29) is 24.0 Å². The van der Waals surface area contributed by atoms with E-state index in [1.54, 1.807) is 19.4 Å². The molecule has 0 spiro atoms. The van der Waals surface area contributed by atoms with E-state index in [0.29, 0.717) is 47.2 Å². The Balaban J connectivity index is 0.00000261. The summed E-state index contributed by atoms with van der Waals surface area (Å²) in [5.74, 6) is 2.62. The summed E-state index contributed by atoms with van der Waals surface area (Å²) in [7, 11) is 3.58.